The van der Waals surface area contributed by atoms with Gasteiger partial charge in [-0.05, 0) is 43.3 Å². The molecule has 0 bridgehead atoms. The third-order valence-electron chi connectivity index (χ3n) is 4.30. The highest BCUT2D eigenvalue weighted by Gasteiger charge is 2.25. The fourth-order valence-electron chi connectivity index (χ4n) is 3.01. The second-order valence-corrected chi connectivity index (χ2v) is 6.45. The van der Waals surface area contributed by atoms with Crippen molar-refractivity contribution in [2.24, 2.45) is 5.10 Å². The standard InChI is InChI=1S/C19H23ClN4/c1-21-12-5-13-24(2)19-17-7-4-3-6-16(17)18(22-23-19)14-8-10-15(20)11-9-14/h3-4,6-11,18,21-22H,5,12-13H2,1-2H3. The summed E-state index contributed by atoms with van der Waals surface area (Å²) in [4.78, 5) is 2.21. The zero-order valence-electron chi connectivity index (χ0n) is 14.1. The molecule has 126 valence electrons. The number of hydrogen-bond donors (Lipinski definition) is 2. The van der Waals surface area contributed by atoms with E-state index in [2.05, 4.69) is 52.1 Å². The van der Waals surface area contributed by atoms with E-state index in [1.807, 2.05) is 31.3 Å². The first-order chi connectivity index (χ1) is 11.7. The first-order valence-corrected chi connectivity index (χ1v) is 8.62. The largest absolute Gasteiger partial charge is 0.358 e. The summed E-state index contributed by atoms with van der Waals surface area (Å²) in [5.74, 6) is 0.993. The van der Waals surface area contributed by atoms with Gasteiger partial charge in [-0.1, -0.05) is 48.0 Å². The maximum Gasteiger partial charge on any atom is 0.155 e. The van der Waals surface area contributed by atoms with E-state index in [-0.39, 0.29) is 6.04 Å². The number of amidine groups is 1. The van der Waals surface area contributed by atoms with Crippen LogP contribution >= 0.6 is 11.6 Å². The van der Waals surface area contributed by atoms with Crippen molar-refractivity contribution in [1.29, 1.82) is 0 Å². The van der Waals surface area contributed by atoms with Crippen molar-refractivity contribution in [2.75, 3.05) is 27.2 Å². The topological polar surface area (TPSA) is 39.7 Å². The maximum absolute atomic E-state index is 6.02. The Bertz CT molecular complexity index is 712. The van der Waals surface area contributed by atoms with Crippen LogP contribution in [-0.2, 0) is 0 Å². The molecule has 1 unspecified atom stereocenters. The second-order valence-electron chi connectivity index (χ2n) is 6.01. The molecule has 5 heteroatoms. The molecule has 0 aliphatic carbocycles. The first-order valence-electron chi connectivity index (χ1n) is 8.24. The first kappa shape index (κ1) is 16.8. The number of nitrogens with one attached hydrogen (secondary N) is 2. The van der Waals surface area contributed by atoms with Crippen molar-refractivity contribution >= 4 is 17.4 Å². The summed E-state index contributed by atoms with van der Waals surface area (Å²) < 4.78 is 0. The molecule has 2 aromatic carbocycles. The van der Waals surface area contributed by atoms with Gasteiger partial charge in [0.25, 0.3) is 0 Å². The Balaban J connectivity index is 1.87. The van der Waals surface area contributed by atoms with Gasteiger partial charge in [0.1, 0.15) is 0 Å². The predicted molar refractivity (Wildman–Crippen MR) is 101 cm³/mol. The van der Waals surface area contributed by atoms with Gasteiger partial charge in [0.15, 0.2) is 5.84 Å². The Hall–Kier alpha value is -2.04. The number of nitrogens with zero attached hydrogens (tertiary/aromatic N) is 2. The normalized spacial score (nSPS) is 16.1. The number of halogens is 1. The Kier molecular flexibility index (Phi) is 5.38. The van der Waals surface area contributed by atoms with Crippen LogP contribution in [0.1, 0.15) is 29.2 Å². The van der Waals surface area contributed by atoms with Crippen LogP contribution in [0.2, 0.25) is 5.02 Å². The van der Waals surface area contributed by atoms with Crippen LogP contribution < -0.4 is 10.7 Å². The molecule has 2 N–H and O–H groups in total. The molecular weight excluding hydrogens is 320 g/mol. The fraction of sp³-hybridized carbons (Fsp3) is 0.316. The fourth-order valence-corrected chi connectivity index (χ4v) is 3.13. The molecule has 0 fully saturated rings. The zero-order chi connectivity index (χ0) is 16.9. The van der Waals surface area contributed by atoms with Crippen molar-refractivity contribution in [3.8, 4) is 0 Å². The smallest absolute Gasteiger partial charge is 0.155 e. The lowest BCUT2D eigenvalue weighted by atomic mass is 9.93. The summed E-state index contributed by atoms with van der Waals surface area (Å²) in [6, 6.07) is 16.4. The molecule has 1 aliphatic rings. The Morgan fingerprint density at radius 1 is 1.17 bits per heavy atom. The molecule has 1 atom stereocenters. The van der Waals surface area contributed by atoms with E-state index in [1.54, 1.807) is 0 Å². The number of hydrogen-bond acceptors (Lipinski definition) is 4. The van der Waals surface area contributed by atoms with Gasteiger partial charge in [-0.3, -0.25) is 5.43 Å². The van der Waals surface area contributed by atoms with E-state index in [4.69, 9.17) is 11.6 Å². The van der Waals surface area contributed by atoms with Crippen LogP contribution in [0.5, 0.6) is 0 Å². The quantitative estimate of drug-likeness (QED) is 0.819. The van der Waals surface area contributed by atoms with Gasteiger partial charge >= 0.3 is 0 Å². The second kappa shape index (κ2) is 7.69. The number of benzene rings is 2. The summed E-state index contributed by atoms with van der Waals surface area (Å²) in [5, 5.41) is 8.60. The maximum atomic E-state index is 6.02. The number of rotatable bonds is 5. The van der Waals surface area contributed by atoms with Crippen LogP contribution in [0, 0.1) is 0 Å². The van der Waals surface area contributed by atoms with E-state index in [0.29, 0.717) is 0 Å². The van der Waals surface area contributed by atoms with E-state index < -0.39 is 0 Å². The lowest BCUT2D eigenvalue weighted by molar-refractivity contribution is 0.468. The molecule has 3 rings (SSSR count). The average molecular weight is 343 g/mol. The summed E-state index contributed by atoms with van der Waals surface area (Å²) >= 11 is 6.02. The van der Waals surface area contributed by atoms with E-state index in [0.717, 1.165) is 35.9 Å². The van der Waals surface area contributed by atoms with Crippen molar-refractivity contribution in [3.63, 3.8) is 0 Å². The molecule has 1 heterocycles. The van der Waals surface area contributed by atoms with Gasteiger partial charge in [-0.15, -0.1) is 0 Å². The molecule has 4 nitrogen and oxygen atoms in total. The van der Waals surface area contributed by atoms with Crippen molar-refractivity contribution in [1.82, 2.24) is 15.6 Å². The molecule has 0 saturated heterocycles. The average Bonchev–Trinajstić information content (AvgIpc) is 2.62. The predicted octanol–water partition coefficient (Wildman–Crippen LogP) is 3.24. The van der Waals surface area contributed by atoms with E-state index in [9.17, 15) is 0 Å². The molecule has 2 aromatic rings. The lowest BCUT2D eigenvalue weighted by Crippen LogP contribution is -2.37. The molecule has 0 radical (unpaired) electrons. The van der Waals surface area contributed by atoms with Gasteiger partial charge < -0.3 is 10.2 Å². The zero-order valence-corrected chi connectivity index (χ0v) is 14.8. The minimum Gasteiger partial charge on any atom is -0.358 e. The van der Waals surface area contributed by atoms with Crippen LogP contribution in [0.25, 0.3) is 0 Å². The number of hydrazone groups is 1. The summed E-state index contributed by atoms with van der Waals surface area (Å²) in [7, 11) is 4.07. The Morgan fingerprint density at radius 3 is 2.67 bits per heavy atom. The third kappa shape index (κ3) is 3.55. The highest BCUT2D eigenvalue weighted by Crippen LogP contribution is 2.29. The lowest BCUT2D eigenvalue weighted by Gasteiger charge is -2.31. The van der Waals surface area contributed by atoms with Crippen molar-refractivity contribution in [3.05, 3.63) is 70.2 Å². The van der Waals surface area contributed by atoms with Crippen molar-refractivity contribution in [2.45, 2.75) is 12.5 Å². The third-order valence-corrected chi connectivity index (χ3v) is 4.55. The van der Waals surface area contributed by atoms with Gasteiger partial charge in [-0.25, -0.2) is 0 Å². The molecular formula is C19H23ClN4. The number of fused-ring (bicyclic) bond motifs is 1. The monoisotopic (exact) mass is 342 g/mol. The van der Waals surface area contributed by atoms with Gasteiger partial charge in [0, 0.05) is 24.2 Å². The molecule has 0 spiro atoms. The molecule has 24 heavy (non-hydrogen) atoms. The van der Waals surface area contributed by atoms with Gasteiger partial charge in [0.05, 0.1) is 6.04 Å². The van der Waals surface area contributed by atoms with E-state index >= 15 is 0 Å². The minimum absolute atomic E-state index is 0.0490. The Labute approximate surface area is 148 Å². The SMILES string of the molecule is CNCCCN(C)C1=NNC(c2ccc(Cl)cc2)c2ccccc21. The van der Waals surface area contributed by atoms with Crippen LogP contribution in [-0.4, -0.2) is 37.9 Å². The molecule has 0 saturated carbocycles. The highest BCUT2D eigenvalue weighted by molar-refractivity contribution is 6.30. The molecule has 0 amide bonds. The summed E-state index contributed by atoms with van der Waals surface area (Å²) in [5.41, 5.74) is 6.90. The molecule has 1 aliphatic heterocycles. The van der Waals surface area contributed by atoms with E-state index in [1.165, 1.54) is 11.1 Å². The minimum atomic E-state index is 0.0490. The van der Waals surface area contributed by atoms with Crippen molar-refractivity contribution < 1.29 is 0 Å². The van der Waals surface area contributed by atoms with Crippen LogP contribution in [0.4, 0.5) is 0 Å². The highest BCUT2D eigenvalue weighted by atomic mass is 35.5. The van der Waals surface area contributed by atoms with Crippen LogP contribution in [0.3, 0.4) is 0 Å². The summed E-state index contributed by atoms with van der Waals surface area (Å²) in [6.07, 6.45) is 1.08. The van der Waals surface area contributed by atoms with Crippen LogP contribution in [0.15, 0.2) is 53.6 Å². The summed E-state index contributed by atoms with van der Waals surface area (Å²) in [6.45, 7) is 1.96. The Morgan fingerprint density at radius 2 is 1.92 bits per heavy atom. The van der Waals surface area contributed by atoms with Gasteiger partial charge in [-0.2, -0.15) is 5.10 Å². The molecule has 0 aromatic heterocycles. The van der Waals surface area contributed by atoms with Gasteiger partial charge in [0.2, 0.25) is 0 Å².